The maximum absolute atomic E-state index is 13.9. The van der Waals surface area contributed by atoms with Crippen molar-refractivity contribution in [3.8, 4) is 11.5 Å². The number of ether oxygens (including phenoxy) is 3. The van der Waals surface area contributed by atoms with Gasteiger partial charge in [0.15, 0.2) is 16.9 Å². The minimum Gasteiger partial charge on any atom is -0.490 e. The van der Waals surface area contributed by atoms with Crippen LogP contribution in [0.15, 0.2) is 82.5 Å². The molecule has 8 nitrogen and oxygen atoms in total. The molecule has 0 radical (unpaired) electrons. The first-order chi connectivity index (χ1) is 19.4. The molecule has 3 aromatic carbocycles. The number of rotatable bonds is 9. The quantitative estimate of drug-likeness (QED) is 0.174. The van der Waals surface area contributed by atoms with E-state index >= 15 is 0 Å². The first-order valence-electron chi connectivity index (χ1n) is 12.7. The molecule has 0 aliphatic carbocycles. The monoisotopic (exact) mass is 559 g/mol. The zero-order chi connectivity index (χ0) is 28.4. The summed E-state index contributed by atoms with van der Waals surface area (Å²) in [5.41, 5.74) is 1.46. The zero-order valence-electron chi connectivity index (χ0n) is 21.9. The smallest absolute Gasteiger partial charge is 0.338 e. The Morgan fingerprint density at radius 2 is 1.77 bits per heavy atom. The molecule has 1 amide bonds. The third kappa shape index (κ3) is 4.82. The van der Waals surface area contributed by atoms with E-state index in [9.17, 15) is 14.4 Å². The van der Waals surface area contributed by atoms with Gasteiger partial charge < -0.3 is 18.6 Å². The Morgan fingerprint density at radius 1 is 1.00 bits per heavy atom. The van der Waals surface area contributed by atoms with Crippen molar-refractivity contribution in [3.05, 3.63) is 111 Å². The number of fused-ring (bicyclic) bond motifs is 2. The van der Waals surface area contributed by atoms with Gasteiger partial charge in [-0.1, -0.05) is 30.3 Å². The number of anilines is 1. The average Bonchev–Trinajstić information content (AvgIpc) is 3.25. The second kappa shape index (κ2) is 11.3. The Bertz CT molecular complexity index is 1680. The number of halogens is 1. The van der Waals surface area contributed by atoms with Gasteiger partial charge >= 0.3 is 5.97 Å². The molecule has 204 valence electrons. The lowest BCUT2D eigenvalue weighted by atomic mass is 9.97. The second-order valence-corrected chi connectivity index (χ2v) is 9.33. The van der Waals surface area contributed by atoms with E-state index in [0.717, 1.165) is 0 Å². The lowest BCUT2D eigenvalue weighted by Gasteiger charge is -2.26. The molecule has 0 saturated heterocycles. The van der Waals surface area contributed by atoms with Gasteiger partial charge in [-0.2, -0.15) is 0 Å². The van der Waals surface area contributed by atoms with Gasteiger partial charge in [0, 0.05) is 10.7 Å². The van der Waals surface area contributed by atoms with Gasteiger partial charge in [-0.05, 0) is 74.0 Å². The summed E-state index contributed by atoms with van der Waals surface area (Å²) in [7, 11) is 0. The largest absolute Gasteiger partial charge is 0.490 e. The highest BCUT2D eigenvalue weighted by molar-refractivity contribution is 6.31. The highest BCUT2D eigenvalue weighted by Gasteiger charge is 2.44. The van der Waals surface area contributed by atoms with Crippen molar-refractivity contribution in [2.45, 2.75) is 19.9 Å². The standard InChI is InChI=1S/C31H26ClNO7/c1-4-15-39-24-13-9-19(16-25(24)37-5-2)27-26-28(34)22-17-20(32)10-14-23(22)40-29(26)30(35)33(27)21-11-7-18(8-12-21)31(36)38-6-3/h4,7-14,16-17,27H,1,5-6,15H2,2-3H3. The van der Waals surface area contributed by atoms with Crippen molar-refractivity contribution in [1.82, 2.24) is 0 Å². The van der Waals surface area contributed by atoms with Gasteiger partial charge in [-0.3, -0.25) is 14.5 Å². The number of hydrogen-bond donors (Lipinski definition) is 0. The molecule has 4 aromatic rings. The summed E-state index contributed by atoms with van der Waals surface area (Å²) in [6.07, 6.45) is 1.62. The topological polar surface area (TPSA) is 95.3 Å². The highest BCUT2D eigenvalue weighted by atomic mass is 35.5. The summed E-state index contributed by atoms with van der Waals surface area (Å²) >= 11 is 6.19. The van der Waals surface area contributed by atoms with E-state index in [4.69, 9.17) is 30.2 Å². The van der Waals surface area contributed by atoms with Crippen LogP contribution in [0.4, 0.5) is 5.69 Å². The van der Waals surface area contributed by atoms with E-state index in [1.165, 1.54) is 11.0 Å². The fraction of sp³-hybridized carbons (Fsp3) is 0.194. The van der Waals surface area contributed by atoms with E-state index in [0.29, 0.717) is 39.9 Å². The molecule has 40 heavy (non-hydrogen) atoms. The number of benzene rings is 3. The van der Waals surface area contributed by atoms with Gasteiger partial charge in [0.1, 0.15) is 12.2 Å². The van der Waals surface area contributed by atoms with Gasteiger partial charge in [0.25, 0.3) is 5.91 Å². The molecule has 2 heterocycles. The summed E-state index contributed by atoms with van der Waals surface area (Å²) in [5.74, 6) is -0.0867. The minimum atomic E-state index is -0.858. The first kappa shape index (κ1) is 27.0. The highest BCUT2D eigenvalue weighted by Crippen LogP contribution is 2.43. The van der Waals surface area contributed by atoms with Crippen LogP contribution in [-0.2, 0) is 4.74 Å². The number of carbonyl (C=O) groups excluding carboxylic acids is 2. The Hall–Kier alpha value is -4.56. The van der Waals surface area contributed by atoms with Crippen molar-refractivity contribution in [1.29, 1.82) is 0 Å². The van der Waals surface area contributed by atoms with Crippen LogP contribution < -0.4 is 19.8 Å². The molecule has 1 aliphatic heterocycles. The summed E-state index contributed by atoms with van der Waals surface area (Å²) in [4.78, 5) is 41.5. The number of nitrogens with zero attached hydrogens (tertiary/aromatic N) is 1. The fourth-order valence-corrected chi connectivity index (χ4v) is 4.90. The van der Waals surface area contributed by atoms with Crippen molar-refractivity contribution in [3.63, 3.8) is 0 Å². The first-order valence-corrected chi connectivity index (χ1v) is 13.1. The summed E-state index contributed by atoms with van der Waals surface area (Å²) in [6, 6.07) is 15.5. The molecule has 5 rings (SSSR count). The minimum absolute atomic E-state index is 0.0655. The van der Waals surface area contributed by atoms with Crippen LogP contribution in [0, 0.1) is 0 Å². The van der Waals surface area contributed by atoms with E-state index in [2.05, 4.69) is 6.58 Å². The van der Waals surface area contributed by atoms with Crippen molar-refractivity contribution < 1.29 is 28.2 Å². The molecule has 0 N–H and O–H groups in total. The Balaban J connectivity index is 1.70. The van der Waals surface area contributed by atoms with Gasteiger partial charge in [-0.25, -0.2) is 4.79 Å². The predicted octanol–water partition coefficient (Wildman–Crippen LogP) is 6.34. The molecule has 1 unspecified atom stereocenters. The van der Waals surface area contributed by atoms with Crippen LogP contribution in [0.1, 0.15) is 51.9 Å². The average molecular weight is 560 g/mol. The maximum Gasteiger partial charge on any atom is 0.338 e. The molecule has 0 saturated carbocycles. The van der Waals surface area contributed by atoms with Crippen LogP contribution in [0.5, 0.6) is 11.5 Å². The van der Waals surface area contributed by atoms with Crippen molar-refractivity contribution >= 4 is 40.1 Å². The molecule has 0 spiro atoms. The predicted molar refractivity (Wildman–Crippen MR) is 152 cm³/mol. The molecular weight excluding hydrogens is 534 g/mol. The van der Waals surface area contributed by atoms with Crippen LogP contribution in [0.3, 0.4) is 0 Å². The number of amides is 1. The van der Waals surface area contributed by atoms with Crippen molar-refractivity contribution in [2.24, 2.45) is 0 Å². The third-order valence-electron chi connectivity index (χ3n) is 6.43. The van der Waals surface area contributed by atoms with E-state index < -0.39 is 17.9 Å². The molecule has 1 aromatic heterocycles. The summed E-state index contributed by atoms with van der Waals surface area (Å²) in [6.45, 7) is 8.14. The summed E-state index contributed by atoms with van der Waals surface area (Å²) < 4.78 is 22.7. The number of carbonyl (C=O) groups is 2. The van der Waals surface area contributed by atoms with E-state index in [1.807, 2.05) is 6.92 Å². The second-order valence-electron chi connectivity index (χ2n) is 8.90. The molecule has 0 fully saturated rings. The SMILES string of the molecule is C=CCOc1ccc(C2c3c(oc4ccc(Cl)cc4c3=O)C(=O)N2c2ccc(C(=O)OCC)cc2)cc1OCC. The molecule has 1 atom stereocenters. The van der Waals surface area contributed by atoms with E-state index in [1.54, 1.807) is 67.6 Å². The van der Waals surface area contributed by atoms with Crippen LogP contribution in [0.2, 0.25) is 5.02 Å². The molecule has 9 heteroatoms. The number of esters is 1. The van der Waals surface area contributed by atoms with Gasteiger partial charge in [0.05, 0.1) is 35.8 Å². The van der Waals surface area contributed by atoms with Crippen LogP contribution >= 0.6 is 11.6 Å². The zero-order valence-corrected chi connectivity index (χ0v) is 22.7. The molecule has 0 bridgehead atoms. The van der Waals surface area contributed by atoms with Crippen LogP contribution in [-0.4, -0.2) is 31.7 Å². The fourth-order valence-electron chi connectivity index (χ4n) is 4.73. The number of hydrogen-bond acceptors (Lipinski definition) is 7. The maximum atomic E-state index is 13.9. The Kier molecular flexibility index (Phi) is 7.62. The van der Waals surface area contributed by atoms with Crippen molar-refractivity contribution in [2.75, 3.05) is 24.7 Å². The third-order valence-corrected chi connectivity index (χ3v) is 6.66. The van der Waals surface area contributed by atoms with Gasteiger partial charge in [-0.15, -0.1) is 0 Å². The summed E-state index contributed by atoms with van der Waals surface area (Å²) in [5, 5.41) is 0.633. The normalized spacial score (nSPS) is 14.2. The lowest BCUT2D eigenvalue weighted by molar-refractivity contribution is 0.0526. The van der Waals surface area contributed by atoms with Gasteiger partial charge in [0.2, 0.25) is 5.76 Å². The Labute approximate surface area is 235 Å². The Morgan fingerprint density at radius 3 is 2.48 bits per heavy atom. The molecular formula is C31H26ClNO7. The lowest BCUT2D eigenvalue weighted by Crippen LogP contribution is -2.29. The molecule has 1 aliphatic rings. The van der Waals surface area contributed by atoms with E-state index in [-0.39, 0.29) is 40.9 Å². The van der Waals surface area contributed by atoms with Crippen LogP contribution in [0.25, 0.3) is 11.0 Å².